The van der Waals surface area contributed by atoms with Crippen molar-refractivity contribution in [1.82, 2.24) is 15.3 Å². The molecular weight excluding hydrogens is 638 g/mol. The second-order valence-corrected chi connectivity index (χ2v) is 13.5. The normalized spacial score (nSPS) is 14.4. The summed E-state index contributed by atoms with van der Waals surface area (Å²) in [5.41, 5.74) is 1.58. The van der Waals surface area contributed by atoms with Crippen LogP contribution in [0.4, 0.5) is 0 Å². The molecule has 48 heavy (non-hydrogen) atoms. The number of hydrogen-bond donors (Lipinski definition) is 4. The van der Waals surface area contributed by atoms with Gasteiger partial charge in [0.25, 0.3) is 5.91 Å². The van der Waals surface area contributed by atoms with Crippen LogP contribution >= 0.6 is 0 Å². The number of para-hydroxylation sites is 2. The number of nitrogens with one attached hydrogen (secondary N) is 1. The molecule has 1 saturated heterocycles. The van der Waals surface area contributed by atoms with E-state index in [0.717, 1.165) is 37.4 Å². The molecule has 13 heteroatoms. The smallest absolute Gasteiger partial charge is 0.265 e. The number of ether oxygens (including phenoxy) is 3. The first-order valence-corrected chi connectivity index (χ1v) is 17.6. The van der Waals surface area contributed by atoms with Gasteiger partial charge in [-0.1, -0.05) is 36.4 Å². The number of carbonyl (C=O) groups excluding carboxylic acids is 1. The molecule has 4 rings (SSSR count). The molecule has 0 bridgehead atoms. The van der Waals surface area contributed by atoms with Crippen LogP contribution in [-0.2, 0) is 14.6 Å². The Bertz CT molecular complexity index is 1410. The van der Waals surface area contributed by atoms with Gasteiger partial charge in [-0.2, -0.15) is 0 Å². The van der Waals surface area contributed by atoms with Crippen molar-refractivity contribution < 1.29 is 42.8 Å². The summed E-state index contributed by atoms with van der Waals surface area (Å²) in [6, 6.07) is 25.2. The Morgan fingerprint density at radius 3 is 1.79 bits per heavy atom. The lowest BCUT2D eigenvalue weighted by atomic mass is 9.94. The fraction of sp³-hybridized carbons (Fsp3) is 0.457. The zero-order chi connectivity index (χ0) is 34.7. The highest BCUT2D eigenvalue weighted by molar-refractivity contribution is 7.93. The molecular formula is C35H49N3O9S. The van der Waals surface area contributed by atoms with Gasteiger partial charge in [0, 0.05) is 39.3 Å². The number of likely N-dealkylation sites (tertiary alicyclic amines) is 1. The first kappa shape index (κ1) is 38.7. The number of benzene rings is 3. The second-order valence-electron chi connectivity index (χ2n) is 11.3. The first-order chi connectivity index (χ1) is 23.3. The fourth-order valence-corrected chi connectivity index (χ4v) is 7.40. The van der Waals surface area contributed by atoms with Crippen LogP contribution in [0.5, 0.6) is 17.2 Å². The molecule has 0 unspecified atom stereocenters. The van der Waals surface area contributed by atoms with Crippen molar-refractivity contribution >= 4 is 15.7 Å². The molecule has 1 aliphatic rings. The number of piperidine rings is 1. The highest BCUT2D eigenvalue weighted by Crippen LogP contribution is 2.36. The molecule has 1 heterocycles. The van der Waals surface area contributed by atoms with Gasteiger partial charge < -0.3 is 29.3 Å². The number of rotatable bonds is 18. The van der Waals surface area contributed by atoms with E-state index in [1.165, 1.54) is 19.2 Å². The van der Waals surface area contributed by atoms with Crippen LogP contribution in [0.25, 0.3) is 0 Å². The van der Waals surface area contributed by atoms with E-state index in [2.05, 4.69) is 4.90 Å². The third-order valence-corrected chi connectivity index (χ3v) is 10.7. The summed E-state index contributed by atoms with van der Waals surface area (Å²) in [5, 5.41) is 27.0. The summed E-state index contributed by atoms with van der Waals surface area (Å²) in [6.07, 6.45) is 1.84. The molecule has 0 aromatic heterocycles. The second kappa shape index (κ2) is 20.6. The number of carbonyl (C=O) groups is 1. The zero-order valence-corrected chi connectivity index (χ0v) is 28.4. The number of aliphatic hydroxyl groups excluding tert-OH is 2. The minimum atomic E-state index is -4.02. The summed E-state index contributed by atoms with van der Waals surface area (Å²) >= 11 is 0. The highest BCUT2D eigenvalue weighted by Gasteiger charge is 2.52. The standard InChI is InChI=1S/C22H28N2O6S.C13H21NO3/c1-29-18-8-10-20(11-9-18)31(27,28)22(21(25)23-26)12-15-24(16-13-22)14-5-17-30-19-6-3-2-4-7-19;15-10-8-14(9-11-16)7-4-12-17-13-5-2-1-3-6-13/h2-4,6-11,26H,5,12-17H2,1H3,(H,23,25);1-3,5-6,15-16H,4,7-12H2. The van der Waals surface area contributed by atoms with Crippen LogP contribution in [0, 0.1) is 0 Å². The molecule has 264 valence electrons. The number of methoxy groups -OCH3 is 1. The minimum Gasteiger partial charge on any atom is -0.497 e. The topological polar surface area (TPSA) is 158 Å². The molecule has 4 N–H and O–H groups in total. The van der Waals surface area contributed by atoms with Crippen molar-refractivity contribution in [3.63, 3.8) is 0 Å². The van der Waals surface area contributed by atoms with E-state index in [4.69, 9.17) is 24.4 Å². The number of nitrogens with zero attached hydrogens (tertiary/aromatic N) is 2. The molecule has 0 spiro atoms. The molecule has 0 saturated carbocycles. The van der Waals surface area contributed by atoms with Crippen molar-refractivity contribution in [1.29, 1.82) is 0 Å². The Morgan fingerprint density at radius 2 is 1.31 bits per heavy atom. The SMILES string of the molecule is COc1ccc(S(=O)(=O)C2(C(=O)NO)CCN(CCCOc3ccccc3)CC2)cc1.OCCN(CCO)CCCOc1ccccc1. The third kappa shape index (κ3) is 11.5. The lowest BCUT2D eigenvalue weighted by Crippen LogP contribution is -2.57. The van der Waals surface area contributed by atoms with Crippen molar-refractivity contribution in [3.8, 4) is 17.2 Å². The summed E-state index contributed by atoms with van der Waals surface area (Å²) in [6.45, 7) is 5.06. The van der Waals surface area contributed by atoms with E-state index in [-0.39, 0.29) is 31.0 Å². The van der Waals surface area contributed by atoms with Crippen LogP contribution in [0.15, 0.2) is 89.8 Å². The molecule has 0 aliphatic carbocycles. The van der Waals surface area contributed by atoms with Crippen LogP contribution in [-0.4, -0.2) is 117 Å². The number of hydroxylamine groups is 1. The number of hydrogen-bond acceptors (Lipinski definition) is 11. The Hall–Kier alpha value is -3.72. The van der Waals surface area contributed by atoms with Crippen LogP contribution in [0.2, 0.25) is 0 Å². The Kier molecular flexibility index (Phi) is 16.6. The van der Waals surface area contributed by atoms with E-state index in [1.54, 1.807) is 17.6 Å². The monoisotopic (exact) mass is 687 g/mol. The van der Waals surface area contributed by atoms with Crippen molar-refractivity contribution in [2.75, 3.05) is 72.8 Å². The van der Waals surface area contributed by atoms with E-state index < -0.39 is 20.5 Å². The average molecular weight is 688 g/mol. The van der Waals surface area contributed by atoms with E-state index in [9.17, 15) is 18.4 Å². The van der Waals surface area contributed by atoms with Gasteiger partial charge >= 0.3 is 0 Å². The average Bonchev–Trinajstić information content (AvgIpc) is 3.13. The Morgan fingerprint density at radius 1 is 0.792 bits per heavy atom. The quantitative estimate of drug-likeness (QED) is 0.0885. The number of aliphatic hydroxyl groups is 2. The fourth-order valence-electron chi connectivity index (χ4n) is 5.45. The van der Waals surface area contributed by atoms with E-state index in [0.29, 0.717) is 45.1 Å². The van der Waals surface area contributed by atoms with Gasteiger partial charge in [-0.25, -0.2) is 13.9 Å². The lowest BCUT2D eigenvalue weighted by Gasteiger charge is -2.39. The first-order valence-electron chi connectivity index (χ1n) is 16.1. The highest BCUT2D eigenvalue weighted by atomic mass is 32.2. The van der Waals surface area contributed by atoms with Gasteiger partial charge in [0.1, 0.15) is 17.2 Å². The Labute approximate surface area is 283 Å². The largest absolute Gasteiger partial charge is 0.497 e. The molecule has 3 aromatic rings. The maximum absolute atomic E-state index is 13.4. The van der Waals surface area contributed by atoms with Crippen molar-refractivity contribution in [3.05, 3.63) is 84.9 Å². The third-order valence-electron chi connectivity index (χ3n) is 8.16. The molecule has 1 fully saturated rings. The molecule has 12 nitrogen and oxygen atoms in total. The van der Waals surface area contributed by atoms with E-state index in [1.807, 2.05) is 65.6 Å². The van der Waals surface area contributed by atoms with Gasteiger partial charge in [0.05, 0.1) is 38.4 Å². The number of amides is 1. The maximum atomic E-state index is 13.4. The van der Waals surface area contributed by atoms with Gasteiger partial charge in [-0.05, 0) is 74.2 Å². The van der Waals surface area contributed by atoms with Crippen LogP contribution < -0.4 is 19.7 Å². The van der Waals surface area contributed by atoms with Crippen molar-refractivity contribution in [2.24, 2.45) is 0 Å². The molecule has 3 aromatic carbocycles. The zero-order valence-electron chi connectivity index (χ0n) is 27.6. The van der Waals surface area contributed by atoms with Crippen LogP contribution in [0.3, 0.4) is 0 Å². The molecule has 0 atom stereocenters. The van der Waals surface area contributed by atoms with Gasteiger partial charge in [-0.15, -0.1) is 0 Å². The predicted molar refractivity (Wildman–Crippen MR) is 182 cm³/mol. The number of sulfone groups is 1. The van der Waals surface area contributed by atoms with Gasteiger partial charge in [0.15, 0.2) is 14.6 Å². The van der Waals surface area contributed by atoms with E-state index >= 15 is 0 Å². The minimum absolute atomic E-state index is 0.0293. The molecule has 1 amide bonds. The molecule has 0 radical (unpaired) electrons. The maximum Gasteiger partial charge on any atom is 0.265 e. The summed E-state index contributed by atoms with van der Waals surface area (Å²) < 4.78 is 41.4. The van der Waals surface area contributed by atoms with Crippen LogP contribution in [0.1, 0.15) is 25.7 Å². The summed E-state index contributed by atoms with van der Waals surface area (Å²) in [5.74, 6) is 1.32. The van der Waals surface area contributed by atoms with Crippen molar-refractivity contribution in [2.45, 2.75) is 35.3 Å². The Balaban J connectivity index is 0.000000311. The summed E-state index contributed by atoms with van der Waals surface area (Å²) in [4.78, 5) is 16.7. The van der Waals surface area contributed by atoms with Gasteiger partial charge in [-0.3, -0.25) is 14.9 Å². The lowest BCUT2D eigenvalue weighted by molar-refractivity contribution is -0.133. The molecule has 1 aliphatic heterocycles. The van der Waals surface area contributed by atoms with Gasteiger partial charge in [0.2, 0.25) is 0 Å². The summed E-state index contributed by atoms with van der Waals surface area (Å²) in [7, 11) is -2.53. The predicted octanol–water partition coefficient (Wildman–Crippen LogP) is 3.02.